The molecule has 0 heterocycles. The number of benzene rings is 2. The minimum atomic E-state index is -4.56. The molecular formula is C16H13F3INO3. The zero-order valence-electron chi connectivity index (χ0n) is 12.7. The van der Waals surface area contributed by atoms with Gasteiger partial charge in [0.15, 0.2) is 11.5 Å². The molecule has 0 aliphatic rings. The van der Waals surface area contributed by atoms with Gasteiger partial charge in [0, 0.05) is 5.56 Å². The molecule has 0 saturated heterocycles. The predicted molar refractivity (Wildman–Crippen MR) is 91.7 cm³/mol. The van der Waals surface area contributed by atoms with Crippen LogP contribution in [0.4, 0.5) is 18.9 Å². The van der Waals surface area contributed by atoms with Gasteiger partial charge in [0.25, 0.3) is 5.91 Å². The third-order valence-corrected chi connectivity index (χ3v) is 3.98. The molecule has 0 fully saturated rings. The summed E-state index contributed by atoms with van der Waals surface area (Å²) in [5.74, 6) is 0.0922. The lowest BCUT2D eigenvalue weighted by atomic mass is 10.1. The van der Waals surface area contributed by atoms with E-state index >= 15 is 0 Å². The van der Waals surface area contributed by atoms with Crippen molar-refractivity contribution >= 4 is 34.2 Å². The highest BCUT2D eigenvalue weighted by atomic mass is 127. The van der Waals surface area contributed by atoms with Crippen LogP contribution in [0.25, 0.3) is 0 Å². The molecule has 0 unspecified atom stereocenters. The highest BCUT2D eigenvalue weighted by Crippen LogP contribution is 2.36. The molecule has 1 amide bonds. The molecule has 0 aliphatic heterocycles. The summed E-state index contributed by atoms with van der Waals surface area (Å²) in [6.07, 6.45) is -4.56. The van der Waals surface area contributed by atoms with E-state index in [1.807, 2.05) is 22.6 Å². The van der Waals surface area contributed by atoms with Gasteiger partial charge in [-0.2, -0.15) is 13.2 Å². The Morgan fingerprint density at radius 2 is 1.79 bits per heavy atom. The van der Waals surface area contributed by atoms with Crippen molar-refractivity contribution in [3.63, 3.8) is 0 Å². The number of ether oxygens (including phenoxy) is 2. The Labute approximate surface area is 150 Å². The summed E-state index contributed by atoms with van der Waals surface area (Å²) >= 11 is 1.95. The second-order valence-corrected chi connectivity index (χ2v) is 5.85. The van der Waals surface area contributed by atoms with Crippen molar-refractivity contribution < 1.29 is 27.4 Å². The number of carbonyl (C=O) groups excluding carboxylic acids is 1. The van der Waals surface area contributed by atoms with Crippen LogP contribution < -0.4 is 14.8 Å². The van der Waals surface area contributed by atoms with E-state index in [0.717, 1.165) is 6.07 Å². The number of amides is 1. The van der Waals surface area contributed by atoms with E-state index in [9.17, 15) is 18.0 Å². The molecule has 0 spiro atoms. The van der Waals surface area contributed by atoms with Crippen molar-refractivity contribution in [2.45, 2.75) is 6.18 Å². The quantitative estimate of drug-likeness (QED) is 0.693. The van der Waals surface area contributed by atoms with Crippen LogP contribution >= 0.6 is 22.6 Å². The average Bonchev–Trinajstić information content (AvgIpc) is 2.53. The van der Waals surface area contributed by atoms with Gasteiger partial charge < -0.3 is 14.8 Å². The molecule has 2 aromatic rings. The predicted octanol–water partition coefficient (Wildman–Crippen LogP) is 4.58. The average molecular weight is 451 g/mol. The molecule has 8 heteroatoms. The Bertz CT molecular complexity index is 763. The maximum absolute atomic E-state index is 13.0. The highest BCUT2D eigenvalue weighted by molar-refractivity contribution is 14.1. The standard InChI is InChI=1S/C16H13F3INO3/c1-23-13-8-9(7-11(20)14(13)24-2)15(22)21-12-6-4-3-5-10(12)16(17,18)19/h3-8H,1-2H3,(H,21,22). The SMILES string of the molecule is COc1cc(C(=O)Nc2ccccc2C(F)(F)F)cc(I)c1OC. The van der Waals surface area contributed by atoms with Gasteiger partial charge in [0.2, 0.25) is 0 Å². The summed E-state index contributed by atoms with van der Waals surface area (Å²) in [6, 6.07) is 7.71. The summed E-state index contributed by atoms with van der Waals surface area (Å²) in [5, 5.41) is 2.29. The number of rotatable bonds is 4. The lowest BCUT2D eigenvalue weighted by Crippen LogP contribution is -2.17. The summed E-state index contributed by atoms with van der Waals surface area (Å²) < 4.78 is 49.9. The van der Waals surface area contributed by atoms with Crippen LogP contribution in [0.3, 0.4) is 0 Å². The number of para-hydroxylation sites is 1. The van der Waals surface area contributed by atoms with Crippen molar-refractivity contribution in [3.05, 3.63) is 51.1 Å². The number of anilines is 1. The third kappa shape index (κ3) is 3.92. The maximum Gasteiger partial charge on any atom is 0.418 e. The molecule has 128 valence electrons. The van der Waals surface area contributed by atoms with Gasteiger partial charge in [0.05, 0.1) is 29.0 Å². The Morgan fingerprint density at radius 3 is 2.38 bits per heavy atom. The maximum atomic E-state index is 13.0. The molecule has 0 aromatic heterocycles. The van der Waals surface area contributed by atoms with Crippen LogP contribution in [-0.4, -0.2) is 20.1 Å². The normalized spacial score (nSPS) is 11.1. The van der Waals surface area contributed by atoms with Crippen molar-refractivity contribution in [1.29, 1.82) is 0 Å². The molecule has 2 rings (SSSR count). The fourth-order valence-electron chi connectivity index (χ4n) is 2.08. The van der Waals surface area contributed by atoms with E-state index in [-0.39, 0.29) is 11.3 Å². The van der Waals surface area contributed by atoms with Gasteiger partial charge in [-0.05, 0) is 46.9 Å². The van der Waals surface area contributed by atoms with Gasteiger partial charge in [-0.1, -0.05) is 12.1 Å². The first-order valence-electron chi connectivity index (χ1n) is 6.67. The Hall–Kier alpha value is -1.97. The summed E-state index contributed by atoms with van der Waals surface area (Å²) in [7, 11) is 2.87. The first-order chi connectivity index (χ1) is 11.3. The van der Waals surface area contributed by atoms with E-state index in [1.165, 1.54) is 44.6 Å². The zero-order valence-corrected chi connectivity index (χ0v) is 14.9. The Balaban J connectivity index is 2.37. The van der Waals surface area contributed by atoms with Crippen LogP contribution in [0.15, 0.2) is 36.4 Å². The zero-order chi connectivity index (χ0) is 17.9. The fourth-order valence-corrected chi connectivity index (χ4v) is 2.90. The van der Waals surface area contributed by atoms with E-state index < -0.39 is 17.6 Å². The second-order valence-electron chi connectivity index (χ2n) is 4.69. The number of alkyl halides is 3. The summed E-state index contributed by atoms with van der Waals surface area (Å²) in [6.45, 7) is 0. The van der Waals surface area contributed by atoms with Gasteiger partial charge >= 0.3 is 6.18 Å². The van der Waals surface area contributed by atoms with Crippen LogP contribution in [0.1, 0.15) is 15.9 Å². The molecule has 0 atom stereocenters. The van der Waals surface area contributed by atoms with Gasteiger partial charge in [-0.15, -0.1) is 0 Å². The molecule has 4 nitrogen and oxygen atoms in total. The number of nitrogens with one attached hydrogen (secondary N) is 1. The molecule has 0 radical (unpaired) electrons. The summed E-state index contributed by atoms with van der Waals surface area (Å²) in [4.78, 5) is 12.3. The van der Waals surface area contributed by atoms with E-state index in [1.54, 1.807) is 0 Å². The van der Waals surface area contributed by atoms with Crippen LogP contribution in [0.5, 0.6) is 11.5 Å². The first-order valence-corrected chi connectivity index (χ1v) is 7.75. The monoisotopic (exact) mass is 451 g/mol. The van der Waals surface area contributed by atoms with Crippen molar-refractivity contribution in [1.82, 2.24) is 0 Å². The van der Waals surface area contributed by atoms with E-state index in [0.29, 0.717) is 15.1 Å². The Morgan fingerprint density at radius 1 is 1.12 bits per heavy atom. The molecule has 1 N–H and O–H groups in total. The number of hydrogen-bond acceptors (Lipinski definition) is 3. The van der Waals surface area contributed by atoms with Gasteiger partial charge in [-0.3, -0.25) is 4.79 Å². The molecule has 0 aliphatic carbocycles. The number of methoxy groups -OCH3 is 2. The fraction of sp³-hybridized carbons (Fsp3) is 0.188. The molecular weight excluding hydrogens is 438 g/mol. The molecule has 0 saturated carbocycles. The lowest BCUT2D eigenvalue weighted by Gasteiger charge is -2.15. The second kappa shape index (κ2) is 7.29. The van der Waals surface area contributed by atoms with E-state index in [4.69, 9.17) is 9.47 Å². The smallest absolute Gasteiger partial charge is 0.418 e. The largest absolute Gasteiger partial charge is 0.493 e. The van der Waals surface area contributed by atoms with Crippen LogP contribution in [0, 0.1) is 3.57 Å². The molecule has 2 aromatic carbocycles. The van der Waals surface area contributed by atoms with Gasteiger partial charge in [0.1, 0.15) is 0 Å². The molecule has 24 heavy (non-hydrogen) atoms. The first kappa shape index (κ1) is 18.4. The lowest BCUT2D eigenvalue weighted by molar-refractivity contribution is -0.136. The molecule has 0 bridgehead atoms. The number of halogens is 4. The summed E-state index contributed by atoms with van der Waals surface area (Å²) in [5.41, 5.74) is -1.05. The minimum absolute atomic E-state index is 0.161. The van der Waals surface area contributed by atoms with Crippen molar-refractivity contribution in [2.24, 2.45) is 0 Å². The van der Waals surface area contributed by atoms with Crippen LogP contribution in [-0.2, 0) is 6.18 Å². The minimum Gasteiger partial charge on any atom is -0.493 e. The van der Waals surface area contributed by atoms with E-state index in [2.05, 4.69) is 5.32 Å². The van der Waals surface area contributed by atoms with Crippen LogP contribution in [0.2, 0.25) is 0 Å². The Kier molecular flexibility index (Phi) is 5.58. The number of carbonyl (C=O) groups is 1. The highest BCUT2D eigenvalue weighted by Gasteiger charge is 2.33. The topological polar surface area (TPSA) is 47.6 Å². The van der Waals surface area contributed by atoms with Crippen molar-refractivity contribution in [3.8, 4) is 11.5 Å². The number of hydrogen-bond donors (Lipinski definition) is 1. The van der Waals surface area contributed by atoms with Crippen molar-refractivity contribution in [2.75, 3.05) is 19.5 Å². The van der Waals surface area contributed by atoms with Gasteiger partial charge in [-0.25, -0.2) is 0 Å². The third-order valence-electron chi connectivity index (χ3n) is 3.18.